The third kappa shape index (κ3) is 4.71. The zero-order valence-electron chi connectivity index (χ0n) is 16.0. The van der Waals surface area contributed by atoms with Gasteiger partial charge in [-0.05, 0) is 57.0 Å². The van der Waals surface area contributed by atoms with Crippen LogP contribution in [0.25, 0.3) is 0 Å². The van der Waals surface area contributed by atoms with Crippen molar-refractivity contribution in [2.75, 3.05) is 13.1 Å². The minimum absolute atomic E-state index is 0.0146. The highest BCUT2D eigenvalue weighted by Crippen LogP contribution is 2.25. The number of carbonyl (C=O) groups is 2. The minimum Gasteiger partial charge on any atom is -0.491 e. The second-order valence-electron chi connectivity index (χ2n) is 7.27. The molecule has 1 aliphatic heterocycles. The van der Waals surface area contributed by atoms with E-state index in [1.807, 2.05) is 19.9 Å². The predicted molar refractivity (Wildman–Crippen MR) is 107 cm³/mol. The molecule has 0 aromatic heterocycles. The van der Waals surface area contributed by atoms with Crippen LogP contribution in [0.4, 0.5) is 4.39 Å². The van der Waals surface area contributed by atoms with Crippen molar-refractivity contribution in [3.63, 3.8) is 0 Å². The Balaban J connectivity index is 1.75. The number of ketones is 1. The molecule has 1 aliphatic rings. The third-order valence-electron chi connectivity index (χ3n) is 4.73. The molecule has 0 aliphatic carbocycles. The van der Waals surface area contributed by atoms with Crippen LogP contribution in [0.5, 0.6) is 5.75 Å². The van der Waals surface area contributed by atoms with Gasteiger partial charge in [-0.15, -0.1) is 0 Å². The molecule has 6 heteroatoms. The highest BCUT2D eigenvalue weighted by atomic mass is 35.5. The Hall–Kier alpha value is -2.40. The van der Waals surface area contributed by atoms with Crippen LogP contribution in [0, 0.1) is 11.7 Å². The van der Waals surface area contributed by atoms with Gasteiger partial charge in [0.05, 0.1) is 11.7 Å². The van der Waals surface area contributed by atoms with Gasteiger partial charge in [-0.3, -0.25) is 9.59 Å². The summed E-state index contributed by atoms with van der Waals surface area (Å²) in [7, 11) is 0. The molecule has 28 heavy (non-hydrogen) atoms. The van der Waals surface area contributed by atoms with Crippen LogP contribution in [-0.4, -0.2) is 35.8 Å². The summed E-state index contributed by atoms with van der Waals surface area (Å²) in [6.45, 7) is 4.60. The molecule has 1 fully saturated rings. The molecule has 1 amide bonds. The first-order valence-electron chi connectivity index (χ1n) is 9.40. The first kappa shape index (κ1) is 20.3. The second-order valence-corrected chi connectivity index (χ2v) is 7.71. The molecule has 3 rings (SSSR count). The first-order valence-corrected chi connectivity index (χ1v) is 9.78. The van der Waals surface area contributed by atoms with Gasteiger partial charge in [-0.2, -0.15) is 0 Å². The van der Waals surface area contributed by atoms with E-state index in [1.54, 1.807) is 18.2 Å². The number of benzene rings is 2. The average molecular weight is 404 g/mol. The number of hydrogen-bond donors (Lipinski definition) is 0. The van der Waals surface area contributed by atoms with Gasteiger partial charge in [0.15, 0.2) is 5.78 Å². The third-order valence-corrected chi connectivity index (χ3v) is 4.96. The van der Waals surface area contributed by atoms with Crippen molar-refractivity contribution in [3.05, 3.63) is 64.4 Å². The molecule has 148 valence electrons. The van der Waals surface area contributed by atoms with Crippen LogP contribution >= 0.6 is 11.6 Å². The van der Waals surface area contributed by atoms with E-state index in [9.17, 15) is 14.0 Å². The fourth-order valence-electron chi connectivity index (χ4n) is 3.44. The smallest absolute Gasteiger partial charge is 0.256 e. The fourth-order valence-corrected chi connectivity index (χ4v) is 3.61. The number of halogens is 2. The van der Waals surface area contributed by atoms with E-state index < -0.39 is 11.7 Å². The van der Waals surface area contributed by atoms with Gasteiger partial charge < -0.3 is 9.64 Å². The lowest BCUT2D eigenvalue weighted by Crippen LogP contribution is -2.42. The molecule has 0 N–H and O–H groups in total. The van der Waals surface area contributed by atoms with E-state index in [-0.39, 0.29) is 29.9 Å². The molecule has 1 saturated heterocycles. The van der Waals surface area contributed by atoms with Crippen molar-refractivity contribution in [1.29, 1.82) is 0 Å². The highest BCUT2D eigenvalue weighted by molar-refractivity contribution is 6.31. The molecule has 0 unspecified atom stereocenters. The monoisotopic (exact) mass is 403 g/mol. The Morgan fingerprint density at radius 3 is 2.75 bits per heavy atom. The topological polar surface area (TPSA) is 46.6 Å². The van der Waals surface area contributed by atoms with Crippen molar-refractivity contribution < 1.29 is 18.7 Å². The fraction of sp³-hybridized carbons (Fsp3) is 0.364. The Morgan fingerprint density at radius 2 is 2.00 bits per heavy atom. The summed E-state index contributed by atoms with van der Waals surface area (Å²) in [5.74, 6) is -0.756. The molecule has 2 aromatic rings. The number of nitrogens with zero attached hydrogens (tertiary/aromatic N) is 1. The van der Waals surface area contributed by atoms with E-state index in [4.69, 9.17) is 16.3 Å². The van der Waals surface area contributed by atoms with Crippen molar-refractivity contribution in [2.45, 2.75) is 32.8 Å². The van der Waals surface area contributed by atoms with Gasteiger partial charge in [-0.1, -0.05) is 23.7 Å². The van der Waals surface area contributed by atoms with E-state index in [0.29, 0.717) is 35.7 Å². The Morgan fingerprint density at radius 1 is 1.21 bits per heavy atom. The Bertz CT molecular complexity index is 884. The molecule has 0 radical (unpaired) electrons. The number of carbonyl (C=O) groups excluding carboxylic acids is 2. The second kappa shape index (κ2) is 8.74. The molecule has 4 nitrogen and oxygen atoms in total. The largest absolute Gasteiger partial charge is 0.491 e. The molecule has 0 saturated carbocycles. The van der Waals surface area contributed by atoms with Gasteiger partial charge in [0.25, 0.3) is 5.91 Å². The molecular formula is C22H23ClFNO3. The lowest BCUT2D eigenvalue weighted by molar-refractivity contribution is 0.0633. The van der Waals surface area contributed by atoms with Crippen LogP contribution < -0.4 is 4.74 Å². The molecule has 1 atom stereocenters. The SMILES string of the molecule is CC(C)Oc1cccc(C(=O)[C@H]2CCCN(C(=O)c3cc(Cl)ccc3F)C2)c1. The van der Waals surface area contributed by atoms with Crippen LogP contribution in [-0.2, 0) is 0 Å². The van der Waals surface area contributed by atoms with Crippen molar-refractivity contribution >= 4 is 23.3 Å². The number of Topliss-reactive ketones (excluding diaryl/α,β-unsaturated/α-hetero) is 1. The maximum atomic E-state index is 14.1. The summed E-state index contributed by atoms with van der Waals surface area (Å²) in [5.41, 5.74) is 0.499. The van der Waals surface area contributed by atoms with Gasteiger partial charge >= 0.3 is 0 Å². The standard InChI is InChI=1S/C22H23ClFNO3/c1-14(2)28-18-7-3-5-15(11-18)21(26)16-6-4-10-25(13-16)22(27)19-12-17(23)8-9-20(19)24/h3,5,7-9,11-12,14,16H,4,6,10,13H2,1-2H3/t16-/m0/s1. The van der Waals surface area contributed by atoms with Gasteiger partial charge in [-0.25, -0.2) is 4.39 Å². The summed E-state index contributed by atoms with van der Waals surface area (Å²) >= 11 is 5.91. The summed E-state index contributed by atoms with van der Waals surface area (Å²) < 4.78 is 19.7. The molecule has 0 spiro atoms. The van der Waals surface area contributed by atoms with Crippen LogP contribution in [0.2, 0.25) is 5.02 Å². The number of rotatable bonds is 5. The average Bonchev–Trinajstić information content (AvgIpc) is 2.68. The number of ether oxygens (including phenoxy) is 1. The number of piperidine rings is 1. The minimum atomic E-state index is -0.610. The predicted octanol–water partition coefficient (Wildman–Crippen LogP) is 5.00. The molecular weight excluding hydrogens is 381 g/mol. The van der Waals surface area contributed by atoms with Crippen molar-refractivity contribution in [3.8, 4) is 5.75 Å². The summed E-state index contributed by atoms with van der Waals surface area (Å²) in [4.78, 5) is 27.3. The normalized spacial score (nSPS) is 16.9. The highest BCUT2D eigenvalue weighted by Gasteiger charge is 2.30. The zero-order chi connectivity index (χ0) is 20.3. The number of likely N-dealkylation sites (tertiary alicyclic amines) is 1. The Kier molecular flexibility index (Phi) is 6.35. The summed E-state index contributed by atoms with van der Waals surface area (Å²) in [6.07, 6.45) is 1.39. The lowest BCUT2D eigenvalue weighted by atomic mass is 9.89. The van der Waals surface area contributed by atoms with Crippen LogP contribution in [0.3, 0.4) is 0 Å². The van der Waals surface area contributed by atoms with E-state index in [1.165, 1.54) is 23.1 Å². The first-order chi connectivity index (χ1) is 13.3. The van der Waals surface area contributed by atoms with Gasteiger partial charge in [0, 0.05) is 29.6 Å². The summed E-state index contributed by atoms with van der Waals surface area (Å²) in [5, 5.41) is 0.302. The molecule has 2 aromatic carbocycles. The van der Waals surface area contributed by atoms with Gasteiger partial charge in [0.2, 0.25) is 0 Å². The maximum absolute atomic E-state index is 14.1. The summed E-state index contributed by atoms with van der Waals surface area (Å²) in [6, 6.07) is 11.0. The van der Waals surface area contributed by atoms with Crippen LogP contribution in [0.15, 0.2) is 42.5 Å². The molecule has 0 bridgehead atoms. The van der Waals surface area contributed by atoms with Crippen molar-refractivity contribution in [2.24, 2.45) is 5.92 Å². The number of hydrogen-bond acceptors (Lipinski definition) is 3. The quantitative estimate of drug-likeness (QED) is 0.660. The van der Waals surface area contributed by atoms with E-state index >= 15 is 0 Å². The van der Waals surface area contributed by atoms with Crippen LogP contribution in [0.1, 0.15) is 47.4 Å². The van der Waals surface area contributed by atoms with Gasteiger partial charge in [0.1, 0.15) is 11.6 Å². The molecule has 1 heterocycles. The van der Waals surface area contributed by atoms with Crippen molar-refractivity contribution in [1.82, 2.24) is 4.90 Å². The number of amides is 1. The van der Waals surface area contributed by atoms with E-state index in [2.05, 4.69) is 0 Å². The zero-order valence-corrected chi connectivity index (χ0v) is 16.7. The van der Waals surface area contributed by atoms with E-state index in [0.717, 1.165) is 0 Å². The Labute approximate surface area is 169 Å². The maximum Gasteiger partial charge on any atom is 0.256 e. The lowest BCUT2D eigenvalue weighted by Gasteiger charge is -2.32.